The third kappa shape index (κ3) is 2.28. The average Bonchev–Trinajstić information content (AvgIpc) is 2.72. The van der Waals surface area contributed by atoms with E-state index in [0.29, 0.717) is 6.04 Å². The van der Waals surface area contributed by atoms with Crippen molar-refractivity contribution in [2.45, 2.75) is 26.8 Å². The molecule has 2 rings (SSSR count). The van der Waals surface area contributed by atoms with Gasteiger partial charge in [0.05, 0.1) is 6.04 Å². The molecule has 0 radical (unpaired) electrons. The van der Waals surface area contributed by atoms with E-state index in [-0.39, 0.29) is 0 Å². The monoisotopic (exact) mass is 245 g/mol. The van der Waals surface area contributed by atoms with Gasteiger partial charge in [0.1, 0.15) is 0 Å². The van der Waals surface area contributed by atoms with E-state index in [1.54, 1.807) is 11.3 Å². The molecular weight excluding hydrogens is 226 g/mol. The van der Waals surface area contributed by atoms with E-state index < -0.39 is 0 Å². The van der Waals surface area contributed by atoms with Crippen LogP contribution in [0.5, 0.6) is 0 Å². The Hall–Kier alpha value is -1.12. The molecule has 1 aromatic heterocycles. The van der Waals surface area contributed by atoms with Crippen molar-refractivity contribution in [2.75, 3.05) is 7.05 Å². The molecule has 0 bridgehead atoms. The van der Waals surface area contributed by atoms with Crippen LogP contribution in [-0.2, 0) is 0 Å². The lowest BCUT2D eigenvalue weighted by molar-refractivity contribution is 0.685. The van der Waals surface area contributed by atoms with E-state index in [2.05, 4.69) is 55.0 Å². The molecule has 1 aromatic carbocycles. The fraction of sp³-hybridized carbons (Fsp3) is 0.333. The number of nitrogens with one attached hydrogen (secondary N) is 1. The second-order valence-corrected chi connectivity index (χ2v) is 5.26. The minimum absolute atomic E-state index is 0.307. The first-order chi connectivity index (χ1) is 8.15. The van der Waals surface area contributed by atoms with Crippen molar-refractivity contribution < 1.29 is 0 Å². The second kappa shape index (κ2) is 5.03. The maximum atomic E-state index is 3.44. The highest BCUT2D eigenvalue weighted by atomic mass is 32.1. The maximum Gasteiger partial charge on any atom is 0.0587 e. The molecule has 2 heteroatoms. The Morgan fingerprint density at radius 1 is 1.00 bits per heavy atom. The molecule has 1 nitrogen and oxygen atoms in total. The summed E-state index contributed by atoms with van der Waals surface area (Å²) in [6.07, 6.45) is 0. The van der Waals surface area contributed by atoms with Crippen molar-refractivity contribution in [2.24, 2.45) is 0 Å². The molecule has 0 saturated heterocycles. The van der Waals surface area contributed by atoms with Gasteiger partial charge in [0, 0.05) is 0 Å². The van der Waals surface area contributed by atoms with Crippen LogP contribution in [0.25, 0.3) is 0 Å². The van der Waals surface area contributed by atoms with Crippen molar-refractivity contribution >= 4 is 11.3 Å². The van der Waals surface area contributed by atoms with Crippen LogP contribution in [0, 0.1) is 20.8 Å². The summed E-state index contributed by atoms with van der Waals surface area (Å²) in [5.74, 6) is 0. The fourth-order valence-electron chi connectivity index (χ4n) is 2.23. The first-order valence-electron chi connectivity index (χ1n) is 5.91. The molecule has 0 amide bonds. The minimum atomic E-state index is 0.307. The molecule has 17 heavy (non-hydrogen) atoms. The summed E-state index contributed by atoms with van der Waals surface area (Å²) in [6, 6.07) is 6.84. The molecule has 1 heterocycles. The Balaban J connectivity index is 2.50. The second-order valence-electron chi connectivity index (χ2n) is 4.52. The van der Waals surface area contributed by atoms with Crippen molar-refractivity contribution in [1.82, 2.24) is 5.32 Å². The zero-order valence-electron chi connectivity index (χ0n) is 10.9. The van der Waals surface area contributed by atoms with Gasteiger partial charge in [0.25, 0.3) is 0 Å². The van der Waals surface area contributed by atoms with Crippen LogP contribution in [-0.4, -0.2) is 7.05 Å². The SMILES string of the molecule is CNC(c1cscc1C)c1cccc(C)c1C. The van der Waals surface area contributed by atoms with Crippen LogP contribution in [0.15, 0.2) is 29.0 Å². The molecule has 0 spiro atoms. The first kappa shape index (κ1) is 12.3. The lowest BCUT2D eigenvalue weighted by Crippen LogP contribution is -2.19. The third-order valence-electron chi connectivity index (χ3n) is 3.45. The van der Waals surface area contributed by atoms with Gasteiger partial charge in [-0.2, -0.15) is 11.3 Å². The number of thiophene rings is 1. The summed E-state index contributed by atoms with van der Waals surface area (Å²) in [6.45, 7) is 6.56. The van der Waals surface area contributed by atoms with Crippen LogP contribution in [0.2, 0.25) is 0 Å². The Bertz CT molecular complexity index is 513. The van der Waals surface area contributed by atoms with Crippen LogP contribution in [0.3, 0.4) is 0 Å². The van der Waals surface area contributed by atoms with Crippen molar-refractivity contribution in [3.8, 4) is 0 Å². The van der Waals surface area contributed by atoms with Gasteiger partial charge in [-0.25, -0.2) is 0 Å². The summed E-state index contributed by atoms with van der Waals surface area (Å²) < 4.78 is 0. The Kier molecular flexibility index (Phi) is 3.65. The quantitative estimate of drug-likeness (QED) is 0.862. The highest BCUT2D eigenvalue weighted by molar-refractivity contribution is 7.08. The fourth-order valence-corrected chi connectivity index (χ4v) is 3.11. The zero-order chi connectivity index (χ0) is 12.4. The van der Waals surface area contributed by atoms with E-state index in [4.69, 9.17) is 0 Å². The topological polar surface area (TPSA) is 12.0 Å². The number of benzene rings is 1. The average molecular weight is 245 g/mol. The Morgan fingerprint density at radius 3 is 2.35 bits per heavy atom. The molecule has 2 aromatic rings. The summed E-state index contributed by atoms with van der Waals surface area (Å²) in [5, 5.41) is 7.90. The van der Waals surface area contributed by atoms with E-state index >= 15 is 0 Å². The third-order valence-corrected chi connectivity index (χ3v) is 4.33. The van der Waals surface area contributed by atoms with Gasteiger partial charge in [-0.15, -0.1) is 0 Å². The molecule has 1 unspecified atom stereocenters. The van der Waals surface area contributed by atoms with Gasteiger partial charge >= 0.3 is 0 Å². The molecule has 0 saturated carbocycles. The zero-order valence-corrected chi connectivity index (χ0v) is 11.7. The largest absolute Gasteiger partial charge is 0.309 e. The van der Waals surface area contributed by atoms with Crippen LogP contribution < -0.4 is 5.32 Å². The standard InChI is InChI=1S/C15H19NS/c1-10-6-5-7-13(12(10)3)15(16-4)14-9-17-8-11(14)2/h5-9,15-16H,1-4H3. The summed E-state index contributed by atoms with van der Waals surface area (Å²) in [7, 11) is 2.03. The van der Waals surface area contributed by atoms with Crippen molar-refractivity contribution in [3.63, 3.8) is 0 Å². The molecule has 0 aliphatic carbocycles. The predicted molar refractivity (Wildman–Crippen MR) is 75.9 cm³/mol. The Labute approximate surface area is 108 Å². The van der Waals surface area contributed by atoms with Gasteiger partial charge in [0.2, 0.25) is 0 Å². The van der Waals surface area contributed by atoms with E-state index in [1.807, 2.05) is 7.05 Å². The summed E-state index contributed by atoms with van der Waals surface area (Å²) in [4.78, 5) is 0. The number of hydrogen-bond donors (Lipinski definition) is 1. The van der Waals surface area contributed by atoms with E-state index in [1.165, 1.54) is 27.8 Å². The number of hydrogen-bond acceptors (Lipinski definition) is 2. The van der Waals surface area contributed by atoms with Gasteiger partial charge in [-0.3, -0.25) is 0 Å². The highest BCUT2D eigenvalue weighted by Crippen LogP contribution is 2.30. The molecule has 0 aliphatic rings. The van der Waals surface area contributed by atoms with E-state index in [9.17, 15) is 0 Å². The van der Waals surface area contributed by atoms with Crippen molar-refractivity contribution in [3.05, 3.63) is 56.8 Å². The smallest absolute Gasteiger partial charge is 0.0587 e. The van der Waals surface area contributed by atoms with Crippen LogP contribution in [0.4, 0.5) is 0 Å². The van der Waals surface area contributed by atoms with Crippen LogP contribution >= 0.6 is 11.3 Å². The molecule has 1 N–H and O–H groups in total. The Morgan fingerprint density at radius 2 is 1.76 bits per heavy atom. The molecule has 0 aliphatic heterocycles. The lowest BCUT2D eigenvalue weighted by Gasteiger charge is -2.20. The maximum absolute atomic E-state index is 3.44. The predicted octanol–water partition coefficient (Wildman–Crippen LogP) is 3.98. The normalized spacial score (nSPS) is 12.7. The summed E-state index contributed by atoms with van der Waals surface area (Å²) >= 11 is 1.77. The van der Waals surface area contributed by atoms with Gasteiger partial charge in [-0.1, -0.05) is 18.2 Å². The number of rotatable bonds is 3. The van der Waals surface area contributed by atoms with E-state index in [0.717, 1.165) is 0 Å². The summed E-state index contributed by atoms with van der Waals surface area (Å²) in [5.41, 5.74) is 6.89. The van der Waals surface area contributed by atoms with Crippen LogP contribution in [0.1, 0.15) is 33.9 Å². The minimum Gasteiger partial charge on any atom is -0.309 e. The molecule has 0 fully saturated rings. The molecular formula is C15H19NS. The highest BCUT2D eigenvalue weighted by Gasteiger charge is 2.17. The number of aryl methyl sites for hydroxylation is 2. The molecule has 90 valence electrons. The molecule has 1 atom stereocenters. The van der Waals surface area contributed by atoms with Gasteiger partial charge in [0.15, 0.2) is 0 Å². The van der Waals surface area contributed by atoms with Gasteiger partial charge < -0.3 is 5.32 Å². The first-order valence-corrected chi connectivity index (χ1v) is 6.85. The van der Waals surface area contributed by atoms with Crippen molar-refractivity contribution in [1.29, 1.82) is 0 Å². The lowest BCUT2D eigenvalue weighted by atomic mass is 9.93. The van der Waals surface area contributed by atoms with Gasteiger partial charge in [-0.05, 0) is 66.4 Å².